The van der Waals surface area contributed by atoms with Crippen molar-refractivity contribution in [3.63, 3.8) is 0 Å². The number of hydrogen-bond donors (Lipinski definition) is 2. The Balaban J connectivity index is 2.66. The predicted octanol–water partition coefficient (Wildman–Crippen LogP) is 3.75. The van der Waals surface area contributed by atoms with Crippen molar-refractivity contribution < 1.29 is 0 Å². The number of aromatic nitrogens is 1. The van der Waals surface area contributed by atoms with Gasteiger partial charge < -0.3 is 10.7 Å². The van der Waals surface area contributed by atoms with Crippen LogP contribution in [0.5, 0.6) is 0 Å². The van der Waals surface area contributed by atoms with E-state index in [0.29, 0.717) is 21.4 Å². The number of benzene rings is 1. The number of hydrogen-bond acceptors (Lipinski definition) is 2. The molecule has 5 heteroatoms. The van der Waals surface area contributed by atoms with E-state index in [9.17, 15) is 0 Å². The first-order chi connectivity index (χ1) is 8.04. The lowest BCUT2D eigenvalue weighted by Gasteiger charge is -2.04. The van der Waals surface area contributed by atoms with Crippen LogP contribution in [0.15, 0.2) is 18.2 Å². The summed E-state index contributed by atoms with van der Waals surface area (Å²) in [7, 11) is 0. The molecular formula is C12H9Cl2N3. The van der Waals surface area contributed by atoms with Gasteiger partial charge in [-0.25, -0.2) is 0 Å². The molecule has 0 fully saturated rings. The number of H-pyrrole nitrogens is 1. The Labute approximate surface area is 109 Å². The fourth-order valence-electron chi connectivity index (χ4n) is 1.72. The van der Waals surface area contributed by atoms with E-state index >= 15 is 0 Å². The van der Waals surface area contributed by atoms with Crippen LogP contribution in [-0.2, 0) is 0 Å². The monoisotopic (exact) mass is 265 g/mol. The molecule has 3 N–H and O–H groups in total. The van der Waals surface area contributed by atoms with E-state index in [2.05, 4.69) is 11.1 Å². The molecule has 0 saturated heterocycles. The van der Waals surface area contributed by atoms with E-state index in [1.54, 1.807) is 18.2 Å². The van der Waals surface area contributed by atoms with Crippen molar-refractivity contribution in [2.24, 2.45) is 0 Å². The Kier molecular flexibility index (Phi) is 3.01. The Morgan fingerprint density at radius 2 is 2.06 bits per heavy atom. The third kappa shape index (κ3) is 1.97. The zero-order valence-corrected chi connectivity index (χ0v) is 10.5. The molecule has 0 aliphatic carbocycles. The summed E-state index contributed by atoms with van der Waals surface area (Å²) in [5.41, 5.74) is 8.49. The third-order valence-electron chi connectivity index (χ3n) is 2.59. The van der Waals surface area contributed by atoms with Crippen LogP contribution in [-0.4, -0.2) is 4.98 Å². The minimum atomic E-state index is 0.353. The van der Waals surface area contributed by atoms with Crippen LogP contribution >= 0.6 is 23.2 Å². The first kappa shape index (κ1) is 11.8. The number of aromatic amines is 1. The number of anilines is 1. The Morgan fingerprint density at radius 3 is 2.59 bits per heavy atom. The summed E-state index contributed by atoms with van der Waals surface area (Å²) >= 11 is 11.9. The lowest BCUT2D eigenvalue weighted by atomic mass is 10.1. The van der Waals surface area contributed by atoms with E-state index in [1.807, 2.05) is 6.92 Å². The summed E-state index contributed by atoms with van der Waals surface area (Å²) in [6.45, 7) is 1.83. The van der Waals surface area contributed by atoms with Crippen LogP contribution in [0.1, 0.15) is 11.1 Å². The minimum Gasteiger partial charge on any atom is -0.384 e. The van der Waals surface area contributed by atoms with Crippen LogP contribution in [0.3, 0.4) is 0 Å². The molecule has 0 saturated carbocycles. The van der Waals surface area contributed by atoms with Gasteiger partial charge in [-0.2, -0.15) is 5.26 Å². The fraction of sp³-hybridized carbons (Fsp3) is 0.0833. The molecule has 1 heterocycles. The molecule has 86 valence electrons. The number of nitrogens with zero attached hydrogens (tertiary/aromatic N) is 1. The Hall–Kier alpha value is -1.63. The van der Waals surface area contributed by atoms with Gasteiger partial charge in [-0.15, -0.1) is 0 Å². The molecule has 0 radical (unpaired) electrons. The van der Waals surface area contributed by atoms with Gasteiger partial charge in [0.2, 0.25) is 0 Å². The molecule has 0 aliphatic heterocycles. The van der Waals surface area contributed by atoms with Gasteiger partial charge in [0.05, 0.1) is 16.3 Å². The van der Waals surface area contributed by atoms with Gasteiger partial charge in [0.15, 0.2) is 0 Å². The zero-order chi connectivity index (χ0) is 12.6. The summed E-state index contributed by atoms with van der Waals surface area (Å²) in [6, 6.07) is 7.25. The quantitative estimate of drug-likeness (QED) is 0.825. The molecule has 0 amide bonds. The summed E-state index contributed by atoms with van der Waals surface area (Å²) in [6.07, 6.45) is 0. The minimum absolute atomic E-state index is 0.353. The first-order valence-electron chi connectivity index (χ1n) is 4.88. The molecule has 0 bridgehead atoms. The summed E-state index contributed by atoms with van der Waals surface area (Å²) in [4.78, 5) is 2.97. The smallest absolute Gasteiger partial charge is 0.119 e. The standard InChI is InChI=1S/C12H9Cl2N3/c1-6-9(5-15)12(16)17-11(6)8-3-2-7(13)4-10(8)14/h2-4,17H,16H2,1H3. The molecule has 0 spiro atoms. The maximum atomic E-state index is 8.97. The Bertz CT molecular complexity index is 623. The summed E-state index contributed by atoms with van der Waals surface area (Å²) in [5, 5.41) is 10.1. The van der Waals surface area contributed by atoms with Crippen LogP contribution in [0.2, 0.25) is 10.0 Å². The van der Waals surface area contributed by atoms with E-state index in [0.717, 1.165) is 16.8 Å². The van der Waals surface area contributed by atoms with Gasteiger partial charge in [-0.3, -0.25) is 0 Å². The Morgan fingerprint density at radius 1 is 1.35 bits per heavy atom. The zero-order valence-electron chi connectivity index (χ0n) is 9.01. The fourth-order valence-corrected chi connectivity index (χ4v) is 2.23. The van der Waals surface area contributed by atoms with Crippen LogP contribution in [0, 0.1) is 18.3 Å². The van der Waals surface area contributed by atoms with Gasteiger partial charge in [-0.05, 0) is 30.7 Å². The number of halogens is 2. The normalized spacial score (nSPS) is 10.2. The predicted molar refractivity (Wildman–Crippen MR) is 70.1 cm³/mol. The van der Waals surface area contributed by atoms with Crippen LogP contribution in [0.4, 0.5) is 5.82 Å². The van der Waals surface area contributed by atoms with E-state index < -0.39 is 0 Å². The highest BCUT2D eigenvalue weighted by molar-refractivity contribution is 6.36. The molecule has 0 atom stereocenters. The maximum absolute atomic E-state index is 8.97. The van der Waals surface area contributed by atoms with Gasteiger partial charge in [-0.1, -0.05) is 23.2 Å². The average Bonchev–Trinajstić information content (AvgIpc) is 2.54. The molecule has 2 rings (SSSR count). The molecule has 1 aromatic carbocycles. The van der Waals surface area contributed by atoms with Crippen molar-refractivity contribution in [3.8, 4) is 17.3 Å². The number of nitrogens with one attached hydrogen (secondary N) is 1. The van der Waals surface area contributed by atoms with Gasteiger partial charge in [0, 0.05) is 10.6 Å². The highest BCUT2D eigenvalue weighted by Gasteiger charge is 2.15. The van der Waals surface area contributed by atoms with Gasteiger partial charge in [0.25, 0.3) is 0 Å². The van der Waals surface area contributed by atoms with Gasteiger partial charge in [0.1, 0.15) is 11.9 Å². The average molecular weight is 266 g/mol. The van der Waals surface area contributed by atoms with E-state index in [1.165, 1.54) is 0 Å². The van der Waals surface area contributed by atoms with Crippen molar-refractivity contribution in [1.29, 1.82) is 5.26 Å². The van der Waals surface area contributed by atoms with Crippen LogP contribution < -0.4 is 5.73 Å². The second kappa shape index (κ2) is 4.33. The first-order valence-corrected chi connectivity index (χ1v) is 5.63. The van der Waals surface area contributed by atoms with Crippen molar-refractivity contribution in [2.75, 3.05) is 5.73 Å². The summed E-state index contributed by atoms with van der Waals surface area (Å²) in [5.74, 6) is 0.353. The molecular weight excluding hydrogens is 257 g/mol. The van der Waals surface area contributed by atoms with E-state index in [4.69, 9.17) is 34.2 Å². The molecule has 3 nitrogen and oxygen atoms in total. The van der Waals surface area contributed by atoms with Crippen molar-refractivity contribution in [1.82, 2.24) is 4.98 Å². The second-order valence-electron chi connectivity index (χ2n) is 3.65. The number of nitrogens with two attached hydrogens (primary N) is 1. The molecule has 1 aromatic heterocycles. The lowest BCUT2D eigenvalue weighted by molar-refractivity contribution is 1.38. The third-order valence-corrected chi connectivity index (χ3v) is 3.14. The largest absolute Gasteiger partial charge is 0.384 e. The highest BCUT2D eigenvalue weighted by Crippen LogP contribution is 2.34. The van der Waals surface area contributed by atoms with Gasteiger partial charge >= 0.3 is 0 Å². The number of nitriles is 1. The van der Waals surface area contributed by atoms with E-state index in [-0.39, 0.29) is 0 Å². The van der Waals surface area contributed by atoms with Crippen molar-refractivity contribution in [3.05, 3.63) is 39.4 Å². The van der Waals surface area contributed by atoms with Crippen molar-refractivity contribution in [2.45, 2.75) is 6.92 Å². The summed E-state index contributed by atoms with van der Waals surface area (Å²) < 4.78 is 0. The van der Waals surface area contributed by atoms with Crippen molar-refractivity contribution >= 4 is 29.0 Å². The lowest BCUT2D eigenvalue weighted by Crippen LogP contribution is -1.87. The molecule has 17 heavy (non-hydrogen) atoms. The second-order valence-corrected chi connectivity index (χ2v) is 4.49. The number of nitrogen functional groups attached to an aromatic ring is 1. The van der Waals surface area contributed by atoms with Crippen LogP contribution in [0.25, 0.3) is 11.3 Å². The SMILES string of the molecule is Cc1c(-c2ccc(Cl)cc2Cl)[nH]c(N)c1C#N. The topological polar surface area (TPSA) is 65.6 Å². The number of rotatable bonds is 1. The molecule has 0 aliphatic rings. The maximum Gasteiger partial charge on any atom is 0.119 e. The molecule has 0 unspecified atom stereocenters. The highest BCUT2D eigenvalue weighted by atomic mass is 35.5. The molecule has 2 aromatic rings.